The summed E-state index contributed by atoms with van der Waals surface area (Å²) in [5.41, 5.74) is 0.108. The normalized spacial score (nSPS) is 19.4. The number of rotatable bonds is 8. The van der Waals surface area contributed by atoms with E-state index in [-0.39, 0.29) is 28.5 Å². The summed E-state index contributed by atoms with van der Waals surface area (Å²) in [5.74, 6) is -5.25. The fourth-order valence-corrected chi connectivity index (χ4v) is 3.78. The third-order valence-corrected chi connectivity index (χ3v) is 5.80. The highest BCUT2D eigenvalue weighted by Crippen LogP contribution is 2.56. The minimum Gasteiger partial charge on any atom is -0.361 e. The molecule has 0 bridgehead atoms. The molecule has 3 rings (SSSR count). The topological polar surface area (TPSA) is 101 Å². The van der Waals surface area contributed by atoms with E-state index in [9.17, 15) is 26.4 Å². The number of aromatic nitrogens is 2. The van der Waals surface area contributed by atoms with Crippen molar-refractivity contribution < 1.29 is 26.4 Å². The number of anilines is 1. The quantitative estimate of drug-likeness (QED) is 0.587. The Morgan fingerprint density at radius 1 is 1.31 bits per heavy atom. The van der Waals surface area contributed by atoms with Crippen LogP contribution >= 0.6 is 11.6 Å². The Kier molecular flexibility index (Phi) is 6.80. The number of hydrogen-bond acceptors (Lipinski definition) is 6. The maximum Gasteiger partial charge on any atom is 0.271 e. The molecule has 1 fully saturated rings. The van der Waals surface area contributed by atoms with Crippen LogP contribution in [0.1, 0.15) is 35.4 Å². The van der Waals surface area contributed by atoms with Crippen LogP contribution in [0.15, 0.2) is 42.1 Å². The molecule has 1 aromatic heterocycles. The van der Waals surface area contributed by atoms with Crippen LogP contribution in [-0.2, 0) is 9.84 Å². The van der Waals surface area contributed by atoms with E-state index in [0.717, 1.165) is 23.9 Å². The van der Waals surface area contributed by atoms with Crippen LogP contribution < -0.4 is 10.6 Å². The molecule has 1 aromatic carbocycles. The minimum absolute atomic E-state index is 0.0627. The average Bonchev–Trinajstić information content (AvgIpc) is 3.34. The molecule has 0 unspecified atom stereocenters. The van der Waals surface area contributed by atoms with E-state index in [1.165, 1.54) is 24.4 Å². The SMILES string of the molecule is C[C@H](/C=C/S(C)(=O)=O)NC(=O)c1cnc(N[C@H](c2cccc(F)c2Cl)[C@H]2CC2(F)F)cn1. The molecule has 0 aliphatic heterocycles. The molecule has 0 spiro atoms. The molecule has 172 valence electrons. The lowest BCUT2D eigenvalue weighted by atomic mass is 10.0. The number of amides is 1. The van der Waals surface area contributed by atoms with Gasteiger partial charge in [0.05, 0.1) is 29.4 Å². The van der Waals surface area contributed by atoms with Gasteiger partial charge in [-0.25, -0.2) is 31.6 Å². The van der Waals surface area contributed by atoms with Crippen LogP contribution in [0.3, 0.4) is 0 Å². The highest BCUT2D eigenvalue weighted by atomic mass is 35.5. The van der Waals surface area contributed by atoms with Gasteiger partial charge in [0.2, 0.25) is 0 Å². The summed E-state index contributed by atoms with van der Waals surface area (Å²) in [5, 5.41) is 6.06. The van der Waals surface area contributed by atoms with Crippen LogP contribution in [0.5, 0.6) is 0 Å². The summed E-state index contributed by atoms with van der Waals surface area (Å²) >= 11 is 6.00. The van der Waals surface area contributed by atoms with Crippen molar-refractivity contribution in [3.63, 3.8) is 0 Å². The first-order chi connectivity index (χ1) is 14.9. The second-order valence-corrected chi connectivity index (χ2v) is 9.85. The lowest BCUT2D eigenvalue weighted by Crippen LogP contribution is -2.32. The second kappa shape index (κ2) is 9.07. The maximum atomic E-state index is 13.9. The van der Waals surface area contributed by atoms with Gasteiger partial charge in [0.25, 0.3) is 11.8 Å². The number of nitrogens with one attached hydrogen (secondary N) is 2. The van der Waals surface area contributed by atoms with Crippen molar-refractivity contribution in [1.29, 1.82) is 0 Å². The number of alkyl halides is 2. The number of hydrogen-bond donors (Lipinski definition) is 2. The van der Waals surface area contributed by atoms with Gasteiger partial charge in [-0.15, -0.1) is 0 Å². The molecule has 1 aliphatic rings. The third kappa shape index (κ3) is 5.98. The molecule has 12 heteroatoms. The van der Waals surface area contributed by atoms with E-state index in [0.29, 0.717) is 0 Å². The van der Waals surface area contributed by atoms with Crippen molar-refractivity contribution in [3.8, 4) is 0 Å². The smallest absolute Gasteiger partial charge is 0.271 e. The molecule has 3 atom stereocenters. The standard InChI is InChI=1S/C20H20ClF3N4O3S/c1-11(6-7-32(2,30)31)27-19(29)15-9-26-16(10-25-15)28-18(13-8-20(13,23)24)12-4-3-5-14(22)17(12)21/h3-7,9-11,13,18H,8H2,1-2H3,(H,26,28)(H,27,29)/b7-6+/t11-,13-,18-/m1/s1. The summed E-state index contributed by atoms with van der Waals surface area (Å²) in [6.45, 7) is 1.58. The van der Waals surface area contributed by atoms with Gasteiger partial charge in [0.1, 0.15) is 17.3 Å². The van der Waals surface area contributed by atoms with Crippen molar-refractivity contribution in [2.24, 2.45) is 5.92 Å². The molecule has 1 saturated carbocycles. The Morgan fingerprint density at radius 2 is 2.00 bits per heavy atom. The van der Waals surface area contributed by atoms with Crippen LogP contribution in [0.25, 0.3) is 0 Å². The molecule has 2 N–H and O–H groups in total. The first-order valence-electron chi connectivity index (χ1n) is 9.47. The van der Waals surface area contributed by atoms with E-state index in [1.807, 2.05) is 0 Å². The van der Waals surface area contributed by atoms with Crippen molar-refractivity contribution in [1.82, 2.24) is 15.3 Å². The maximum absolute atomic E-state index is 13.9. The van der Waals surface area contributed by atoms with E-state index < -0.39 is 45.5 Å². The Balaban J connectivity index is 1.73. The molecule has 2 aromatic rings. The van der Waals surface area contributed by atoms with Gasteiger partial charge in [-0.2, -0.15) is 0 Å². The van der Waals surface area contributed by atoms with Crippen LogP contribution in [0, 0.1) is 11.7 Å². The number of benzene rings is 1. The highest BCUT2D eigenvalue weighted by molar-refractivity contribution is 7.93. The number of carbonyl (C=O) groups excluding carboxylic acids is 1. The Labute approximate surface area is 188 Å². The highest BCUT2D eigenvalue weighted by Gasteiger charge is 2.61. The van der Waals surface area contributed by atoms with Crippen molar-refractivity contribution in [2.45, 2.75) is 31.4 Å². The van der Waals surface area contributed by atoms with E-state index in [2.05, 4.69) is 20.6 Å². The van der Waals surface area contributed by atoms with Gasteiger partial charge in [-0.05, 0) is 18.6 Å². The lowest BCUT2D eigenvalue weighted by molar-refractivity contribution is 0.0937. The molecule has 1 aliphatic carbocycles. The Hall–Kier alpha value is -2.66. The third-order valence-electron chi connectivity index (χ3n) is 4.75. The van der Waals surface area contributed by atoms with Crippen LogP contribution in [-0.4, -0.2) is 42.5 Å². The lowest BCUT2D eigenvalue weighted by Gasteiger charge is -2.21. The fourth-order valence-electron chi connectivity index (χ4n) is 3.02. The molecule has 32 heavy (non-hydrogen) atoms. The van der Waals surface area contributed by atoms with Crippen molar-refractivity contribution in [2.75, 3.05) is 11.6 Å². The Morgan fingerprint density at radius 3 is 2.56 bits per heavy atom. The van der Waals surface area contributed by atoms with Crippen LogP contribution in [0.2, 0.25) is 5.02 Å². The summed E-state index contributed by atoms with van der Waals surface area (Å²) in [6.07, 6.45) is 4.27. The zero-order valence-electron chi connectivity index (χ0n) is 17.0. The molecule has 1 amide bonds. The zero-order valence-corrected chi connectivity index (χ0v) is 18.6. The average molecular weight is 489 g/mol. The Bertz CT molecular complexity index is 1140. The zero-order chi connectivity index (χ0) is 23.7. The van der Waals surface area contributed by atoms with Gasteiger partial charge < -0.3 is 10.6 Å². The molecule has 1 heterocycles. The second-order valence-electron chi connectivity index (χ2n) is 7.54. The number of halogens is 4. The summed E-state index contributed by atoms with van der Waals surface area (Å²) in [4.78, 5) is 20.3. The molecule has 7 nitrogen and oxygen atoms in total. The number of nitrogens with zero attached hydrogens (tertiary/aromatic N) is 2. The predicted octanol–water partition coefficient (Wildman–Crippen LogP) is 3.75. The molecule has 0 radical (unpaired) electrons. The van der Waals surface area contributed by atoms with E-state index >= 15 is 0 Å². The van der Waals surface area contributed by atoms with Crippen molar-refractivity contribution >= 4 is 33.2 Å². The number of carbonyl (C=O) groups is 1. The first-order valence-corrected chi connectivity index (χ1v) is 11.8. The van der Waals surface area contributed by atoms with Gasteiger partial charge in [0.15, 0.2) is 9.84 Å². The molecular formula is C20H20ClF3N4O3S. The van der Waals surface area contributed by atoms with Gasteiger partial charge in [-0.3, -0.25) is 4.79 Å². The van der Waals surface area contributed by atoms with Crippen molar-refractivity contribution in [3.05, 3.63) is 64.2 Å². The summed E-state index contributed by atoms with van der Waals surface area (Å²) < 4.78 is 63.7. The predicted molar refractivity (Wildman–Crippen MR) is 114 cm³/mol. The van der Waals surface area contributed by atoms with E-state index in [1.54, 1.807) is 6.92 Å². The monoisotopic (exact) mass is 488 g/mol. The van der Waals surface area contributed by atoms with Gasteiger partial charge in [-0.1, -0.05) is 29.8 Å². The van der Waals surface area contributed by atoms with Gasteiger partial charge >= 0.3 is 0 Å². The molecular weight excluding hydrogens is 469 g/mol. The first kappa shape index (κ1) is 24.0. The fraction of sp³-hybridized carbons (Fsp3) is 0.350. The van der Waals surface area contributed by atoms with Gasteiger partial charge in [0, 0.05) is 24.1 Å². The molecule has 0 saturated heterocycles. The van der Waals surface area contributed by atoms with E-state index in [4.69, 9.17) is 11.6 Å². The minimum atomic E-state index is -3.33. The number of sulfone groups is 1. The largest absolute Gasteiger partial charge is 0.361 e. The summed E-state index contributed by atoms with van der Waals surface area (Å²) in [6, 6.07) is 2.37. The van der Waals surface area contributed by atoms with Crippen LogP contribution in [0.4, 0.5) is 19.0 Å². The summed E-state index contributed by atoms with van der Waals surface area (Å²) in [7, 11) is -3.33.